The van der Waals surface area contributed by atoms with E-state index in [-0.39, 0.29) is 24.0 Å². The topological polar surface area (TPSA) is 107 Å². The molecule has 0 radical (unpaired) electrons. The molecular formula is C16H20N4O3. The second-order valence-electron chi connectivity index (χ2n) is 5.29. The fourth-order valence-corrected chi connectivity index (χ4v) is 2.07. The summed E-state index contributed by atoms with van der Waals surface area (Å²) in [5, 5.41) is 14.4. The molecule has 1 aromatic carbocycles. The summed E-state index contributed by atoms with van der Waals surface area (Å²) in [6, 6.07) is 8.88. The third-order valence-electron chi connectivity index (χ3n) is 3.38. The second-order valence-corrected chi connectivity index (χ2v) is 5.29. The number of aromatic amines is 1. The van der Waals surface area contributed by atoms with Gasteiger partial charge >= 0.3 is 0 Å². The zero-order valence-electron chi connectivity index (χ0n) is 13.0. The highest BCUT2D eigenvalue weighted by Gasteiger charge is 2.22. The molecule has 0 aliphatic heterocycles. The van der Waals surface area contributed by atoms with Gasteiger partial charge in [0.2, 0.25) is 0 Å². The van der Waals surface area contributed by atoms with Crippen molar-refractivity contribution in [1.29, 1.82) is 0 Å². The first-order valence-corrected chi connectivity index (χ1v) is 7.33. The number of aliphatic hydroxyl groups excluding tert-OH is 1. The summed E-state index contributed by atoms with van der Waals surface area (Å²) in [6.45, 7) is 3.32. The fraction of sp³-hybridized carbons (Fsp3) is 0.312. The molecule has 2 aromatic rings. The number of nitrogens with one attached hydrogen (secondary N) is 3. The van der Waals surface area contributed by atoms with Gasteiger partial charge in [-0.1, -0.05) is 30.3 Å². The Morgan fingerprint density at radius 1 is 1.17 bits per heavy atom. The van der Waals surface area contributed by atoms with Crippen molar-refractivity contribution < 1.29 is 14.7 Å². The van der Waals surface area contributed by atoms with Crippen LogP contribution in [0.4, 0.5) is 0 Å². The Balaban J connectivity index is 2.09. The monoisotopic (exact) mass is 316 g/mol. The average molecular weight is 316 g/mol. The van der Waals surface area contributed by atoms with E-state index >= 15 is 0 Å². The molecule has 2 amide bonds. The number of amides is 2. The van der Waals surface area contributed by atoms with Gasteiger partial charge in [-0.05, 0) is 19.4 Å². The van der Waals surface area contributed by atoms with Gasteiger partial charge in [0, 0.05) is 6.04 Å². The highest BCUT2D eigenvalue weighted by atomic mass is 16.3. The lowest BCUT2D eigenvalue weighted by Gasteiger charge is -2.14. The van der Waals surface area contributed by atoms with Crippen molar-refractivity contribution in [1.82, 2.24) is 20.6 Å². The number of hydrogen-bond donors (Lipinski definition) is 4. The number of nitrogens with zero attached hydrogens (tertiary/aromatic N) is 1. The minimum absolute atomic E-state index is 0.00283. The number of H-pyrrole nitrogens is 1. The molecular weight excluding hydrogens is 296 g/mol. The van der Waals surface area contributed by atoms with Crippen LogP contribution in [0.1, 0.15) is 46.4 Å². The van der Waals surface area contributed by atoms with Gasteiger partial charge in [0.25, 0.3) is 11.8 Å². The van der Waals surface area contributed by atoms with Crippen molar-refractivity contribution in [3.8, 4) is 0 Å². The maximum atomic E-state index is 12.4. The molecule has 0 bridgehead atoms. The Hall–Kier alpha value is -2.67. The summed E-state index contributed by atoms with van der Waals surface area (Å²) in [4.78, 5) is 31.0. The third-order valence-corrected chi connectivity index (χ3v) is 3.38. The molecule has 122 valence electrons. The van der Waals surface area contributed by atoms with E-state index in [1.165, 1.54) is 6.33 Å². The van der Waals surface area contributed by atoms with Gasteiger partial charge in [-0.15, -0.1) is 0 Å². The van der Waals surface area contributed by atoms with E-state index in [2.05, 4.69) is 20.6 Å². The van der Waals surface area contributed by atoms with E-state index in [0.717, 1.165) is 5.56 Å². The van der Waals surface area contributed by atoms with Gasteiger partial charge in [0.05, 0.1) is 19.0 Å². The van der Waals surface area contributed by atoms with Gasteiger partial charge in [-0.3, -0.25) is 9.59 Å². The van der Waals surface area contributed by atoms with Gasteiger partial charge < -0.3 is 20.7 Å². The van der Waals surface area contributed by atoms with Crippen LogP contribution in [0.15, 0.2) is 36.7 Å². The van der Waals surface area contributed by atoms with Crippen LogP contribution in [0.3, 0.4) is 0 Å². The number of hydrogen-bond acceptors (Lipinski definition) is 4. The summed E-state index contributed by atoms with van der Waals surface area (Å²) in [6.07, 6.45) is 1.29. The average Bonchev–Trinajstić information content (AvgIpc) is 3.05. The van der Waals surface area contributed by atoms with Gasteiger partial charge in [-0.2, -0.15) is 0 Å². The fourth-order valence-electron chi connectivity index (χ4n) is 2.07. The summed E-state index contributed by atoms with van der Waals surface area (Å²) >= 11 is 0. The van der Waals surface area contributed by atoms with Gasteiger partial charge in [0.1, 0.15) is 5.69 Å². The smallest absolute Gasteiger partial charge is 0.272 e. The first-order chi connectivity index (χ1) is 11.0. The van der Waals surface area contributed by atoms with Crippen molar-refractivity contribution >= 4 is 11.8 Å². The number of aromatic nitrogens is 2. The summed E-state index contributed by atoms with van der Waals surface area (Å²) in [7, 11) is 0. The number of carbonyl (C=O) groups excluding carboxylic acids is 2. The minimum atomic E-state index is -0.509. The molecule has 1 heterocycles. The molecule has 0 saturated carbocycles. The van der Waals surface area contributed by atoms with Crippen molar-refractivity contribution in [2.75, 3.05) is 6.61 Å². The SMILES string of the molecule is C[C@H](CO)NC(=O)c1nc[nH]c1C(=O)N[C@@H](C)c1ccccc1. The molecule has 1 aromatic heterocycles. The second kappa shape index (κ2) is 7.55. The van der Waals surface area contributed by atoms with Crippen LogP contribution >= 0.6 is 0 Å². The Labute approximate surface area is 134 Å². The predicted molar refractivity (Wildman–Crippen MR) is 84.9 cm³/mol. The molecule has 4 N–H and O–H groups in total. The zero-order chi connectivity index (χ0) is 16.8. The number of benzene rings is 1. The normalized spacial score (nSPS) is 13.2. The van der Waals surface area contributed by atoms with Crippen molar-refractivity contribution in [2.24, 2.45) is 0 Å². The van der Waals surface area contributed by atoms with Gasteiger partial charge in [0.15, 0.2) is 5.69 Å². The lowest BCUT2D eigenvalue weighted by atomic mass is 10.1. The van der Waals surface area contributed by atoms with Crippen LogP contribution in [0, 0.1) is 0 Å². The first-order valence-electron chi connectivity index (χ1n) is 7.33. The number of imidazole rings is 1. The molecule has 7 heteroatoms. The molecule has 2 rings (SSSR count). The van der Waals surface area contributed by atoms with E-state index in [9.17, 15) is 9.59 Å². The lowest BCUT2D eigenvalue weighted by molar-refractivity contribution is 0.0890. The largest absolute Gasteiger partial charge is 0.394 e. The highest BCUT2D eigenvalue weighted by molar-refractivity contribution is 6.04. The summed E-state index contributed by atoms with van der Waals surface area (Å²) in [5.41, 5.74) is 1.05. The predicted octanol–water partition coefficient (Wildman–Crippen LogP) is 1.01. The van der Waals surface area contributed by atoms with Crippen LogP contribution in [0.5, 0.6) is 0 Å². The maximum Gasteiger partial charge on any atom is 0.272 e. The van der Waals surface area contributed by atoms with Crippen LogP contribution in [-0.2, 0) is 0 Å². The first kappa shape index (κ1) is 16.7. The van der Waals surface area contributed by atoms with Crippen molar-refractivity contribution in [3.05, 3.63) is 53.6 Å². The van der Waals surface area contributed by atoms with E-state index in [1.807, 2.05) is 37.3 Å². The Bertz CT molecular complexity index is 669. The number of aliphatic hydroxyl groups is 1. The third kappa shape index (κ3) is 4.17. The molecule has 0 spiro atoms. The Kier molecular flexibility index (Phi) is 5.48. The zero-order valence-corrected chi connectivity index (χ0v) is 13.0. The summed E-state index contributed by atoms with van der Waals surface area (Å²) in [5.74, 6) is -0.925. The lowest BCUT2D eigenvalue weighted by Crippen LogP contribution is -2.37. The molecule has 2 atom stereocenters. The molecule has 0 unspecified atom stereocenters. The van der Waals surface area contributed by atoms with Crippen molar-refractivity contribution in [3.63, 3.8) is 0 Å². The highest BCUT2D eigenvalue weighted by Crippen LogP contribution is 2.13. The molecule has 0 aliphatic rings. The summed E-state index contributed by atoms with van der Waals surface area (Å²) < 4.78 is 0. The van der Waals surface area contributed by atoms with Crippen LogP contribution in [0.25, 0.3) is 0 Å². The standard InChI is InChI=1S/C16H20N4O3/c1-10(8-21)19-15(22)13-14(18-9-17-13)16(23)20-11(2)12-6-4-3-5-7-12/h3-7,9-11,21H,8H2,1-2H3,(H,17,18)(H,19,22)(H,20,23)/t10-,11+/m1/s1. The van der Waals surface area contributed by atoms with Crippen molar-refractivity contribution in [2.45, 2.75) is 25.9 Å². The molecule has 7 nitrogen and oxygen atoms in total. The van der Waals surface area contributed by atoms with E-state index in [1.54, 1.807) is 6.92 Å². The Morgan fingerprint density at radius 3 is 2.52 bits per heavy atom. The quantitative estimate of drug-likeness (QED) is 0.638. The van der Waals surface area contributed by atoms with E-state index < -0.39 is 17.9 Å². The van der Waals surface area contributed by atoms with Crippen LogP contribution in [0.2, 0.25) is 0 Å². The minimum Gasteiger partial charge on any atom is -0.394 e. The van der Waals surface area contributed by atoms with Crippen LogP contribution < -0.4 is 10.6 Å². The van der Waals surface area contributed by atoms with Gasteiger partial charge in [-0.25, -0.2) is 4.98 Å². The molecule has 0 saturated heterocycles. The molecule has 0 aliphatic carbocycles. The van der Waals surface area contributed by atoms with E-state index in [4.69, 9.17) is 5.11 Å². The number of rotatable bonds is 6. The van der Waals surface area contributed by atoms with Crippen LogP contribution in [-0.4, -0.2) is 39.5 Å². The molecule has 0 fully saturated rings. The number of carbonyl (C=O) groups is 2. The van der Waals surface area contributed by atoms with E-state index in [0.29, 0.717) is 0 Å². The molecule has 23 heavy (non-hydrogen) atoms. The maximum absolute atomic E-state index is 12.4. The Morgan fingerprint density at radius 2 is 1.87 bits per heavy atom.